The molecule has 0 saturated carbocycles. The molecule has 0 radical (unpaired) electrons. The molecule has 122 valence electrons. The number of aromatic hydroxyl groups is 2. The lowest BCUT2D eigenvalue weighted by atomic mass is 10.2. The summed E-state index contributed by atoms with van der Waals surface area (Å²) in [5.41, 5.74) is 0.0754. The molecule has 0 saturated heterocycles. The van der Waals surface area contributed by atoms with E-state index in [1.54, 1.807) is 6.92 Å². The Morgan fingerprint density at radius 1 is 1.24 bits per heavy atom. The van der Waals surface area contributed by atoms with Crippen LogP contribution in [0.2, 0.25) is 0 Å². The molecule has 0 bridgehead atoms. The molecule has 0 spiro atoms. The molecule has 0 fully saturated rings. The van der Waals surface area contributed by atoms with Crippen molar-refractivity contribution in [2.75, 3.05) is 18.5 Å². The fraction of sp³-hybridized carbons (Fsp3) is 0.500. The van der Waals surface area contributed by atoms with Crippen LogP contribution in [0.25, 0.3) is 0 Å². The third-order valence-corrected chi connectivity index (χ3v) is 2.36. The summed E-state index contributed by atoms with van der Waals surface area (Å²) in [6.45, 7) is 6.33. The van der Waals surface area contributed by atoms with Gasteiger partial charge in [-0.1, -0.05) is 13.8 Å². The average molecular weight is 323 g/mol. The third kappa shape index (κ3) is 8.23. The Labute approximate surface area is 124 Å². The zero-order valence-corrected chi connectivity index (χ0v) is 12.9. The van der Waals surface area contributed by atoms with Crippen LogP contribution in [-0.2, 0) is 10.4 Å². The zero-order chi connectivity index (χ0) is 16.6. The van der Waals surface area contributed by atoms with Gasteiger partial charge in [0, 0.05) is 25.3 Å². The fourth-order valence-electron chi connectivity index (χ4n) is 1.24. The lowest BCUT2D eigenvalue weighted by Crippen LogP contribution is -2.09. The van der Waals surface area contributed by atoms with Gasteiger partial charge in [-0.05, 0) is 12.8 Å². The van der Waals surface area contributed by atoms with Crippen molar-refractivity contribution in [1.29, 1.82) is 0 Å². The normalized spacial score (nSPS) is 10.8. The zero-order valence-electron chi connectivity index (χ0n) is 12.1. The van der Waals surface area contributed by atoms with Crippen LogP contribution < -0.4 is 9.50 Å². The molecular formula is C12H21NO7S. The third-order valence-electron chi connectivity index (χ3n) is 1.96. The van der Waals surface area contributed by atoms with Crippen LogP contribution in [0.3, 0.4) is 0 Å². The number of benzene rings is 1. The van der Waals surface area contributed by atoms with E-state index in [9.17, 15) is 18.6 Å². The number of aliphatic hydroxyl groups is 1. The van der Waals surface area contributed by atoms with Crippen molar-refractivity contribution in [2.24, 2.45) is 5.92 Å². The predicted octanol–water partition coefficient (Wildman–Crippen LogP) is 1.35. The summed E-state index contributed by atoms with van der Waals surface area (Å²) in [5, 5.41) is 29.6. The Kier molecular flexibility index (Phi) is 7.85. The number of rotatable bonds is 5. The second-order valence-electron chi connectivity index (χ2n) is 4.44. The van der Waals surface area contributed by atoms with Crippen LogP contribution in [0.1, 0.15) is 20.8 Å². The molecule has 0 aromatic heterocycles. The van der Waals surface area contributed by atoms with E-state index in [2.05, 4.69) is 9.50 Å². The first kappa shape index (κ1) is 19.3. The summed E-state index contributed by atoms with van der Waals surface area (Å²) in [4.78, 5) is 0. The highest BCUT2D eigenvalue weighted by molar-refractivity contribution is 7.81. The van der Waals surface area contributed by atoms with Crippen LogP contribution in [0.15, 0.2) is 12.1 Å². The molecule has 0 atom stereocenters. The van der Waals surface area contributed by atoms with Crippen LogP contribution in [0.5, 0.6) is 17.2 Å². The van der Waals surface area contributed by atoms with Gasteiger partial charge in [-0.3, -0.25) is 4.55 Å². The number of hydrogen-bond acceptors (Lipinski definition) is 7. The van der Waals surface area contributed by atoms with E-state index in [1.165, 1.54) is 0 Å². The van der Waals surface area contributed by atoms with Crippen molar-refractivity contribution in [2.45, 2.75) is 20.8 Å². The molecular weight excluding hydrogens is 302 g/mol. The molecule has 0 heterocycles. The number of nitrogens with one attached hydrogen (secondary N) is 1. The molecule has 1 aromatic carbocycles. The molecule has 1 aromatic rings. The number of anilines is 1. The first-order chi connectivity index (χ1) is 9.60. The van der Waals surface area contributed by atoms with Crippen LogP contribution in [0, 0.1) is 5.92 Å². The predicted molar refractivity (Wildman–Crippen MR) is 78.0 cm³/mol. The molecule has 0 aliphatic rings. The molecule has 9 heteroatoms. The molecule has 0 aliphatic heterocycles. The van der Waals surface area contributed by atoms with Crippen molar-refractivity contribution in [3.05, 3.63) is 12.1 Å². The number of aliphatic hydroxyl groups excluding tert-OH is 1. The summed E-state index contributed by atoms with van der Waals surface area (Å²) in [7, 11) is -4.69. The largest absolute Gasteiger partial charge is 0.505 e. The number of hydrogen-bond donors (Lipinski definition) is 5. The van der Waals surface area contributed by atoms with Crippen LogP contribution >= 0.6 is 0 Å². The fourth-order valence-corrected chi connectivity index (χ4v) is 1.58. The summed E-state index contributed by atoms with van der Waals surface area (Å²) in [6, 6.07) is 1.94. The smallest absolute Gasteiger partial charge is 0.446 e. The Bertz CT molecular complexity index is 520. The highest BCUT2D eigenvalue weighted by Gasteiger charge is 2.14. The van der Waals surface area contributed by atoms with Gasteiger partial charge >= 0.3 is 10.4 Å². The van der Waals surface area contributed by atoms with Crippen molar-refractivity contribution >= 4 is 16.1 Å². The van der Waals surface area contributed by atoms with Gasteiger partial charge in [0.15, 0.2) is 5.75 Å². The summed E-state index contributed by atoms with van der Waals surface area (Å²) in [6.07, 6.45) is 0. The molecule has 21 heavy (non-hydrogen) atoms. The van der Waals surface area contributed by atoms with E-state index >= 15 is 0 Å². The Balaban J connectivity index is 0.00000122. The standard InChI is InChI=1S/C10H15NO6S.C2H6O/c1-6(2)5-11-10-8(12)3-7(4-9(10)13)17-18(14,15)16;1-2-3/h3-4,6,11-13H,5H2,1-2H3,(H,14,15,16);3H,2H2,1H3. The molecule has 5 N–H and O–H groups in total. The van der Waals surface area contributed by atoms with Gasteiger partial charge in [-0.2, -0.15) is 8.42 Å². The first-order valence-corrected chi connectivity index (χ1v) is 7.54. The highest BCUT2D eigenvalue weighted by Crippen LogP contribution is 2.37. The first-order valence-electron chi connectivity index (χ1n) is 6.18. The molecule has 0 amide bonds. The SMILES string of the molecule is CC(C)CNc1c(O)cc(OS(=O)(=O)O)cc1O.CCO. The van der Waals surface area contributed by atoms with E-state index < -0.39 is 10.4 Å². The van der Waals surface area contributed by atoms with Gasteiger partial charge in [0.1, 0.15) is 17.2 Å². The maximum absolute atomic E-state index is 10.5. The number of phenolic OH excluding ortho intramolecular Hbond substituents is 2. The van der Waals surface area contributed by atoms with E-state index in [4.69, 9.17) is 9.66 Å². The van der Waals surface area contributed by atoms with E-state index in [0.29, 0.717) is 6.54 Å². The topological polar surface area (TPSA) is 136 Å². The van der Waals surface area contributed by atoms with Gasteiger partial charge in [0.2, 0.25) is 0 Å². The minimum atomic E-state index is -4.69. The molecule has 0 unspecified atom stereocenters. The van der Waals surface area contributed by atoms with Gasteiger partial charge in [0.25, 0.3) is 0 Å². The lowest BCUT2D eigenvalue weighted by molar-refractivity contribution is 0.318. The van der Waals surface area contributed by atoms with Gasteiger partial charge in [-0.25, -0.2) is 0 Å². The van der Waals surface area contributed by atoms with Crippen molar-refractivity contribution < 1.29 is 32.5 Å². The Hall–Kier alpha value is -1.71. The summed E-state index contributed by atoms with van der Waals surface area (Å²) < 4.78 is 33.5. The molecule has 0 aliphatic carbocycles. The van der Waals surface area contributed by atoms with Crippen molar-refractivity contribution in [3.63, 3.8) is 0 Å². The highest BCUT2D eigenvalue weighted by atomic mass is 32.3. The van der Waals surface area contributed by atoms with Crippen LogP contribution in [0.4, 0.5) is 5.69 Å². The maximum atomic E-state index is 10.5. The van der Waals surface area contributed by atoms with E-state index in [-0.39, 0.29) is 35.5 Å². The van der Waals surface area contributed by atoms with Gasteiger partial charge in [-0.15, -0.1) is 0 Å². The lowest BCUT2D eigenvalue weighted by Gasteiger charge is -2.13. The average Bonchev–Trinajstić information content (AvgIpc) is 2.25. The van der Waals surface area contributed by atoms with Crippen molar-refractivity contribution in [3.8, 4) is 17.2 Å². The number of phenols is 2. The van der Waals surface area contributed by atoms with Gasteiger partial charge < -0.3 is 24.8 Å². The Morgan fingerprint density at radius 3 is 2.00 bits per heavy atom. The van der Waals surface area contributed by atoms with Crippen LogP contribution in [-0.4, -0.2) is 41.4 Å². The summed E-state index contributed by atoms with van der Waals surface area (Å²) >= 11 is 0. The Morgan fingerprint density at radius 2 is 1.67 bits per heavy atom. The van der Waals surface area contributed by atoms with Crippen molar-refractivity contribution in [1.82, 2.24) is 0 Å². The van der Waals surface area contributed by atoms with E-state index in [0.717, 1.165) is 12.1 Å². The van der Waals surface area contributed by atoms with E-state index in [1.807, 2.05) is 13.8 Å². The monoisotopic (exact) mass is 323 g/mol. The second-order valence-corrected chi connectivity index (χ2v) is 5.46. The second kappa shape index (κ2) is 8.55. The maximum Gasteiger partial charge on any atom is 0.446 e. The quantitative estimate of drug-likeness (QED) is 0.404. The summed E-state index contributed by atoms with van der Waals surface area (Å²) in [5.74, 6) is -0.858. The minimum Gasteiger partial charge on any atom is -0.505 e. The minimum absolute atomic E-state index is 0.0754. The van der Waals surface area contributed by atoms with Gasteiger partial charge in [0.05, 0.1) is 0 Å². The molecule has 1 rings (SSSR count). The molecule has 8 nitrogen and oxygen atoms in total.